The molecule has 1 aliphatic rings. The maximum Gasteiger partial charge on any atom is 0.272 e. The third-order valence-corrected chi connectivity index (χ3v) is 3.56. The highest BCUT2D eigenvalue weighted by molar-refractivity contribution is 5.53. The van der Waals surface area contributed by atoms with Crippen molar-refractivity contribution in [2.75, 3.05) is 32.2 Å². The van der Waals surface area contributed by atoms with Crippen LogP contribution in [0.4, 0.5) is 15.8 Å². The van der Waals surface area contributed by atoms with Gasteiger partial charge in [-0.05, 0) is 12.5 Å². The molecular weight excluding hydrogens is 267 g/mol. The van der Waals surface area contributed by atoms with Gasteiger partial charge in [0, 0.05) is 39.3 Å². The van der Waals surface area contributed by atoms with Crippen molar-refractivity contribution in [2.24, 2.45) is 5.92 Å². The Balaban J connectivity index is 2.12. The Labute approximate surface area is 116 Å². The van der Waals surface area contributed by atoms with Crippen LogP contribution in [-0.4, -0.2) is 38.5 Å². The summed E-state index contributed by atoms with van der Waals surface area (Å²) in [6.07, 6.45) is 0.504. The highest BCUT2D eigenvalue weighted by Crippen LogP contribution is 2.30. The monoisotopic (exact) mass is 284 g/mol. The molecule has 7 heteroatoms. The molecule has 6 nitrogen and oxygen atoms in total. The van der Waals surface area contributed by atoms with E-state index in [2.05, 4.69) is 0 Å². The van der Waals surface area contributed by atoms with Gasteiger partial charge in [0.05, 0.1) is 16.7 Å². The molecule has 20 heavy (non-hydrogen) atoms. The van der Waals surface area contributed by atoms with Crippen molar-refractivity contribution in [3.05, 3.63) is 34.1 Å². The number of nitro groups is 1. The van der Waals surface area contributed by atoms with Gasteiger partial charge in [-0.2, -0.15) is 0 Å². The minimum absolute atomic E-state index is 0.152. The van der Waals surface area contributed by atoms with Gasteiger partial charge in [-0.25, -0.2) is 4.39 Å². The molecule has 1 aromatic rings. The van der Waals surface area contributed by atoms with Gasteiger partial charge < -0.3 is 14.4 Å². The van der Waals surface area contributed by atoms with Crippen molar-refractivity contribution in [1.29, 1.82) is 0 Å². The molecule has 0 bridgehead atoms. The summed E-state index contributed by atoms with van der Waals surface area (Å²) in [5.74, 6) is -0.425. The number of nitrogens with zero attached hydrogens (tertiary/aromatic N) is 2. The number of anilines is 1. The SMILES string of the molecule is COC(OC)C1CCN(c2ccc([N+](=O)[O-])cc2F)C1. The van der Waals surface area contributed by atoms with Crippen molar-refractivity contribution >= 4 is 11.4 Å². The second-order valence-corrected chi connectivity index (χ2v) is 4.73. The summed E-state index contributed by atoms with van der Waals surface area (Å²) >= 11 is 0. The highest BCUT2D eigenvalue weighted by Gasteiger charge is 2.31. The molecule has 110 valence electrons. The molecule has 0 amide bonds. The van der Waals surface area contributed by atoms with E-state index in [0.29, 0.717) is 18.8 Å². The molecule has 1 aromatic carbocycles. The Morgan fingerprint density at radius 2 is 2.15 bits per heavy atom. The van der Waals surface area contributed by atoms with Crippen LogP contribution in [0.5, 0.6) is 0 Å². The summed E-state index contributed by atoms with van der Waals surface area (Å²) in [7, 11) is 3.15. The van der Waals surface area contributed by atoms with E-state index >= 15 is 0 Å². The summed E-state index contributed by atoms with van der Waals surface area (Å²) in [5, 5.41) is 10.6. The second kappa shape index (κ2) is 6.15. The first-order chi connectivity index (χ1) is 9.56. The van der Waals surface area contributed by atoms with Crippen LogP contribution in [-0.2, 0) is 9.47 Å². The summed E-state index contributed by atoms with van der Waals surface area (Å²) in [6, 6.07) is 3.72. The van der Waals surface area contributed by atoms with Crippen LogP contribution in [0.2, 0.25) is 0 Å². The lowest BCUT2D eigenvalue weighted by Gasteiger charge is -2.22. The zero-order chi connectivity index (χ0) is 14.7. The van der Waals surface area contributed by atoms with Gasteiger partial charge in [0.2, 0.25) is 0 Å². The smallest absolute Gasteiger partial charge is 0.272 e. The van der Waals surface area contributed by atoms with Gasteiger partial charge in [0.25, 0.3) is 5.69 Å². The van der Waals surface area contributed by atoms with Gasteiger partial charge in [-0.3, -0.25) is 10.1 Å². The zero-order valence-electron chi connectivity index (χ0n) is 11.4. The van der Waals surface area contributed by atoms with E-state index in [9.17, 15) is 14.5 Å². The van der Waals surface area contributed by atoms with Crippen LogP contribution in [0.15, 0.2) is 18.2 Å². The molecule has 0 saturated carbocycles. The zero-order valence-corrected chi connectivity index (χ0v) is 11.4. The highest BCUT2D eigenvalue weighted by atomic mass is 19.1. The Kier molecular flexibility index (Phi) is 4.51. The van der Waals surface area contributed by atoms with Crippen LogP contribution in [0.1, 0.15) is 6.42 Å². The number of hydrogen-bond acceptors (Lipinski definition) is 5. The molecular formula is C13H17FN2O4. The van der Waals surface area contributed by atoms with Crippen molar-refractivity contribution in [3.63, 3.8) is 0 Å². The minimum atomic E-state index is -0.606. The number of rotatable bonds is 5. The number of ether oxygens (including phenoxy) is 2. The quantitative estimate of drug-likeness (QED) is 0.471. The number of methoxy groups -OCH3 is 2. The molecule has 0 aromatic heterocycles. The average molecular weight is 284 g/mol. The first kappa shape index (κ1) is 14.7. The Bertz CT molecular complexity index is 493. The summed E-state index contributed by atoms with van der Waals surface area (Å²) in [6.45, 7) is 1.27. The van der Waals surface area contributed by atoms with E-state index in [0.717, 1.165) is 12.5 Å². The number of halogens is 1. The fourth-order valence-corrected chi connectivity index (χ4v) is 2.58. The molecule has 0 aliphatic carbocycles. The van der Waals surface area contributed by atoms with Crippen LogP contribution in [0, 0.1) is 21.8 Å². The van der Waals surface area contributed by atoms with Crippen molar-refractivity contribution in [3.8, 4) is 0 Å². The van der Waals surface area contributed by atoms with Crippen molar-refractivity contribution in [1.82, 2.24) is 0 Å². The lowest BCUT2D eigenvalue weighted by atomic mass is 10.1. The normalized spacial score (nSPS) is 18.8. The number of non-ortho nitro benzene ring substituents is 1. The van der Waals surface area contributed by atoms with Crippen LogP contribution in [0.3, 0.4) is 0 Å². The van der Waals surface area contributed by atoms with Gasteiger partial charge in [-0.15, -0.1) is 0 Å². The standard InChI is InChI=1S/C13H17FN2O4/c1-19-13(20-2)9-5-6-15(8-9)12-4-3-10(16(17)18)7-11(12)14/h3-4,7,9,13H,5-6,8H2,1-2H3. The topological polar surface area (TPSA) is 64.8 Å². The molecule has 1 heterocycles. The first-order valence-corrected chi connectivity index (χ1v) is 6.31. The molecule has 1 aliphatic heterocycles. The van der Waals surface area contributed by atoms with E-state index < -0.39 is 10.7 Å². The number of nitro benzene ring substituents is 1. The van der Waals surface area contributed by atoms with Crippen LogP contribution < -0.4 is 4.90 Å². The summed E-state index contributed by atoms with van der Waals surface area (Å²) < 4.78 is 24.4. The largest absolute Gasteiger partial charge is 0.369 e. The maximum atomic E-state index is 13.9. The average Bonchev–Trinajstić information content (AvgIpc) is 2.89. The molecule has 1 atom stereocenters. The van der Waals surface area contributed by atoms with E-state index in [1.165, 1.54) is 12.1 Å². The summed E-state index contributed by atoms with van der Waals surface area (Å²) in [5.41, 5.74) is 0.137. The van der Waals surface area contributed by atoms with Crippen LogP contribution in [0.25, 0.3) is 0 Å². The fraction of sp³-hybridized carbons (Fsp3) is 0.538. The van der Waals surface area contributed by atoms with Gasteiger partial charge >= 0.3 is 0 Å². The van der Waals surface area contributed by atoms with Gasteiger partial charge in [0.15, 0.2) is 12.1 Å². The van der Waals surface area contributed by atoms with Gasteiger partial charge in [-0.1, -0.05) is 0 Å². The van der Waals surface area contributed by atoms with E-state index in [-0.39, 0.29) is 17.9 Å². The van der Waals surface area contributed by atoms with Crippen molar-refractivity contribution < 1.29 is 18.8 Å². The molecule has 1 saturated heterocycles. The molecule has 2 rings (SSSR count). The lowest BCUT2D eigenvalue weighted by Crippen LogP contribution is -2.28. The third kappa shape index (κ3) is 2.88. The Morgan fingerprint density at radius 3 is 2.70 bits per heavy atom. The predicted octanol–water partition coefficient (Wildman–Crippen LogP) is 2.18. The minimum Gasteiger partial charge on any atom is -0.369 e. The Hall–Kier alpha value is -1.73. The van der Waals surface area contributed by atoms with E-state index in [1.54, 1.807) is 14.2 Å². The molecule has 0 spiro atoms. The molecule has 1 fully saturated rings. The third-order valence-electron chi connectivity index (χ3n) is 3.56. The first-order valence-electron chi connectivity index (χ1n) is 6.31. The van der Waals surface area contributed by atoms with E-state index in [1.807, 2.05) is 4.90 Å². The predicted molar refractivity (Wildman–Crippen MR) is 71.2 cm³/mol. The second-order valence-electron chi connectivity index (χ2n) is 4.73. The van der Waals surface area contributed by atoms with Crippen molar-refractivity contribution in [2.45, 2.75) is 12.7 Å². The van der Waals surface area contributed by atoms with Gasteiger partial charge in [0.1, 0.15) is 0 Å². The Morgan fingerprint density at radius 1 is 1.45 bits per heavy atom. The molecule has 0 radical (unpaired) electrons. The lowest BCUT2D eigenvalue weighted by molar-refractivity contribution is -0.385. The molecule has 1 unspecified atom stereocenters. The summed E-state index contributed by atoms with van der Waals surface area (Å²) in [4.78, 5) is 11.8. The number of hydrogen-bond donors (Lipinski definition) is 0. The molecule has 0 N–H and O–H groups in total. The van der Waals surface area contributed by atoms with E-state index in [4.69, 9.17) is 9.47 Å². The van der Waals surface area contributed by atoms with Crippen LogP contribution >= 0.6 is 0 Å². The number of benzene rings is 1. The fourth-order valence-electron chi connectivity index (χ4n) is 2.58. The maximum absolute atomic E-state index is 13.9.